The number of imidazole rings is 1. The normalized spacial score (nSPS) is 16.0. The minimum atomic E-state index is -0.470. The monoisotopic (exact) mass is 318 g/mol. The maximum atomic E-state index is 12.1. The number of rotatable bonds is 1. The molecule has 0 radical (unpaired) electrons. The number of hydrogen-bond acceptors (Lipinski definition) is 6. The van der Waals surface area contributed by atoms with Gasteiger partial charge in [-0.25, -0.2) is 14.8 Å². The van der Waals surface area contributed by atoms with Crippen LogP contribution < -0.4 is 4.90 Å². The fourth-order valence-electron chi connectivity index (χ4n) is 2.48. The van der Waals surface area contributed by atoms with Gasteiger partial charge in [-0.15, -0.1) is 0 Å². The second-order valence-electron chi connectivity index (χ2n) is 6.69. The molecule has 23 heavy (non-hydrogen) atoms. The third kappa shape index (κ3) is 3.35. The van der Waals surface area contributed by atoms with Gasteiger partial charge < -0.3 is 19.1 Å². The number of hydrogen-bond donors (Lipinski definition) is 0. The zero-order valence-electron chi connectivity index (χ0n) is 14.0. The highest BCUT2D eigenvalue weighted by molar-refractivity contribution is 5.71. The van der Waals surface area contributed by atoms with E-state index in [0.717, 1.165) is 11.2 Å². The van der Waals surface area contributed by atoms with Crippen molar-refractivity contribution in [1.29, 1.82) is 0 Å². The van der Waals surface area contributed by atoms with Gasteiger partial charge in [-0.3, -0.25) is 0 Å². The number of ether oxygens (including phenoxy) is 1. The number of aryl methyl sites for hydroxylation is 1. The molecule has 2 aromatic heterocycles. The summed E-state index contributed by atoms with van der Waals surface area (Å²) in [7, 11) is 1.91. The summed E-state index contributed by atoms with van der Waals surface area (Å²) in [5, 5.41) is 0. The molecule has 3 heterocycles. The van der Waals surface area contributed by atoms with Crippen molar-refractivity contribution in [3.63, 3.8) is 0 Å². The van der Waals surface area contributed by atoms with E-state index in [1.807, 2.05) is 32.4 Å². The molecule has 8 heteroatoms. The summed E-state index contributed by atoms with van der Waals surface area (Å²) in [6.45, 7) is 8.18. The highest BCUT2D eigenvalue weighted by Crippen LogP contribution is 2.17. The molecule has 1 amide bonds. The van der Waals surface area contributed by atoms with Gasteiger partial charge in [-0.1, -0.05) is 0 Å². The number of piperazine rings is 1. The molecule has 2 aromatic rings. The molecular weight excluding hydrogens is 296 g/mol. The van der Waals surface area contributed by atoms with Crippen molar-refractivity contribution in [1.82, 2.24) is 24.4 Å². The fourth-order valence-corrected chi connectivity index (χ4v) is 2.48. The summed E-state index contributed by atoms with van der Waals surface area (Å²) < 4.78 is 7.28. The van der Waals surface area contributed by atoms with Crippen LogP contribution in [0.25, 0.3) is 11.2 Å². The van der Waals surface area contributed by atoms with E-state index in [4.69, 9.17) is 4.74 Å². The Morgan fingerprint density at radius 3 is 2.52 bits per heavy atom. The fraction of sp³-hybridized carbons (Fsp3) is 0.600. The Hall–Kier alpha value is -2.38. The van der Waals surface area contributed by atoms with Crippen molar-refractivity contribution < 1.29 is 9.53 Å². The first kappa shape index (κ1) is 15.5. The summed E-state index contributed by atoms with van der Waals surface area (Å²) in [5.41, 5.74) is 1.12. The number of aromatic nitrogens is 4. The second kappa shape index (κ2) is 5.68. The van der Waals surface area contributed by atoms with E-state index in [-0.39, 0.29) is 6.09 Å². The minimum Gasteiger partial charge on any atom is -0.444 e. The van der Waals surface area contributed by atoms with Gasteiger partial charge in [0.25, 0.3) is 0 Å². The maximum absolute atomic E-state index is 12.1. The molecule has 0 aromatic carbocycles. The summed E-state index contributed by atoms with van der Waals surface area (Å²) in [6.07, 6.45) is 3.20. The molecule has 0 spiro atoms. The standard InChI is InChI=1S/C15H22N6O2/c1-15(2,3)23-14(22)21-7-5-20(6-8-21)13-16-9-11-12(18-13)19(4)10-17-11/h9-10H,5-8H2,1-4H3. The van der Waals surface area contributed by atoms with E-state index in [1.165, 1.54) is 0 Å². The Bertz CT molecular complexity index is 712. The van der Waals surface area contributed by atoms with Gasteiger partial charge in [-0.05, 0) is 20.8 Å². The zero-order chi connectivity index (χ0) is 16.6. The van der Waals surface area contributed by atoms with Gasteiger partial charge >= 0.3 is 6.09 Å². The molecular formula is C15H22N6O2. The van der Waals surface area contributed by atoms with Gasteiger partial charge in [0.15, 0.2) is 5.65 Å². The lowest BCUT2D eigenvalue weighted by molar-refractivity contribution is 0.0240. The van der Waals surface area contributed by atoms with Crippen molar-refractivity contribution in [2.45, 2.75) is 26.4 Å². The van der Waals surface area contributed by atoms with E-state index in [2.05, 4.69) is 19.9 Å². The van der Waals surface area contributed by atoms with E-state index in [1.54, 1.807) is 17.4 Å². The first-order valence-corrected chi connectivity index (χ1v) is 7.70. The summed E-state index contributed by atoms with van der Waals surface area (Å²) in [6, 6.07) is 0. The molecule has 1 aliphatic rings. The van der Waals surface area contributed by atoms with E-state index >= 15 is 0 Å². The number of amides is 1. The number of carbonyl (C=O) groups excluding carboxylic acids is 1. The van der Waals surface area contributed by atoms with Crippen LogP contribution in [-0.4, -0.2) is 62.3 Å². The molecule has 1 fully saturated rings. The van der Waals surface area contributed by atoms with Crippen molar-refractivity contribution in [2.75, 3.05) is 31.1 Å². The molecule has 0 N–H and O–H groups in total. The Balaban J connectivity index is 1.66. The van der Waals surface area contributed by atoms with Crippen LogP contribution in [0.3, 0.4) is 0 Å². The predicted octanol–water partition coefficient (Wildman–Crippen LogP) is 1.42. The Morgan fingerprint density at radius 1 is 1.17 bits per heavy atom. The summed E-state index contributed by atoms with van der Waals surface area (Å²) >= 11 is 0. The van der Waals surface area contributed by atoms with E-state index < -0.39 is 5.60 Å². The lowest BCUT2D eigenvalue weighted by Gasteiger charge is -2.35. The van der Waals surface area contributed by atoms with Gasteiger partial charge in [0.2, 0.25) is 5.95 Å². The van der Waals surface area contributed by atoms with Crippen LogP contribution in [0.5, 0.6) is 0 Å². The zero-order valence-corrected chi connectivity index (χ0v) is 14.0. The van der Waals surface area contributed by atoms with Crippen LogP contribution in [0, 0.1) is 0 Å². The Kier molecular flexibility index (Phi) is 3.83. The van der Waals surface area contributed by atoms with Crippen LogP contribution in [0.15, 0.2) is 12.5 Å². The van der Waals surface area contributed by atoms with Crippen molar-refractivity contribution in [3.05, 3.63) is 12.5 Å². The summed E-state index contributed by atoms with van der Waals surface area (Å²) in [5.74, 6) is 0.671. The largest absolute Gasteiger partial charge is 0.444 e. The highest BCUT2D eigenvalue weighted by Gasteiger charge is 2.26. The van der Waals surface area contributed by atoms with E-state index in [0.29, 0.717) is 32.1 Å². The smallest absolute Gasteiger partial charge is 0.410 e. The predicted molar refractivity (Wildman–Crippen MR) is 86.3 cm³/mol. The van der Waals surface area contributed by atoms with Gasteiger partial charge in [0.1, 0.15) is 11.1 Å². The van der Waals surface area contributed by atoms with Crippen LogP contribution in [0.2, 0.25) is 0 Å². The lowest BCUT2D eigenvalue weighted by Crippen LogP contribution is -2.50. The third-order valence-corrected chi connectivity index (χ3v) is 3.66. The molecule has 8 nitrogen and oxygen atoms in total. The average molecular weight is 318 g/mol. The van der Waals surface area contributed by atoms with Crippen LogP contribution in [0.1, 0.15) is 20.8 Å². The van der Waals surface area contributed by atoms with Crippen molar-refractivity contribution in [2.24, 2.45) is 7.05 Å². The van der Waals surface area contributed by atoms with Crippen molar-refractivity contribution in [3.8, 4) is 0 Å². The Morgan fingerprint density at radius 2 is 1.87 bits per heavy atom. The minimum absolute atomic E-state index is 0.264. The van der Waals surface area contributed by atoms with Gasteiger partial charge in [-0.2, -0.15) is 4.98 Å². The molecule has 0 aliphatic carbocycles. The molecule has 1 saturated heterocycles. The van der Waals surface area contributed by atoms with Crippen LogP contribution in [-0.2, 0) is 11.8 Å². The van der Waals surface area contributed by atoms with Gasteiger partial charge in [0.05, 0.1) is 12.5 Å². The number of carbonyl (C=O) groups is 1. The SMILES string of the molecule is Cn1cnc2cnc(N3CCN(C(=O)OC(C)(C)C)CC3)nc21. The molecule has 0 saturated carbocycles. The van der Waals surface area contributed by atoms with E-state index in [9.17, 15) is 4.79 Å². The average Bonchev–Trinajstić information content (AvgIpc) is 2.87. The molecule has 0 bridgehead atoms. The number of fused-ring (bicyclic) bond motifs is 1. The third-order valence-electron chi connectivity index (χ3n) is 3.66. The maximum Gasteiger partial charge on any atom is 0.410 e. The molecule has 0 unspecified atom stereocenters. The highest BCUT2D eigenvalue weighted by atomic mass is 16.6. The second-order valence-corrected chi connectivity index (χ2v) is 6.69. The van der Waals surface area contributed by atoms with Crippen LogP contribution in [0.4, 0.5) is 10.7 Å². The lowest BCUT2D eigenvalue weighted by atomic mass is 10.2. The van der Waals surface area contributed by atoms with Gasteiger partial charge in [0, 0.05) is 33.2 Å². The first-order chi connectivity index (χ1) is 10.8. The van der Waals surface area contributed by atoms with Crippen molar-refractivity contribution >= 4 is 23.2 Å². The molecule has 124 valence electrons. The number of nitrogens with zero attached hydrogens (tertiary/aromatic N) is 6. The first-order valence-electron chi connectivity index (χ1n) is 7.70. The number of anilines is 1. The molecule has 0 atom stereocenters. The molecule has 3 rings (SSSR count). The topological polar surface area (TPSA) is 76.4 Å². The Labute approximate surface area is 135 Å². The molecule has 1 aliphatic heterocycles. The van der Waals surface area contributed by atoms with Crippen LogP contribution >= 0.6 is 0 Å². The quantitative estimate of drug-likeness (QED) is 0.791. The summed E-state index contributed by atoms with van der Waals surface area (Å²) in [4.78, 5) is 29.1.